The Kier molecular flexibility index (Phi) is 4.54. The van der Waals surface area contributed by atoms with Crippen LogP contribution in [-0.4, -0.2) is 37.4 Å². The van der Waals surface area contributed by atoms with E-state index in [1.54, 1.807) is 4.90 Å². The summed E-state index contributed by atoms with van der Waals surface area (Å²) < 4.78 is 0. The normalized spacial score (nSPS) is 16.7. The SMILES string of the molecule is C(=N/N1CC[NH+](C2c3ccccc3-c3ccccc32)CC1)/c1cccc2ccccc12. The second-order valence-electron chi connectivity index (χ2n) is 8.53. The van der Waals surface area contributed by atoms with Crippen molar-refractivity contribution in [1.82, 2.24) is 5.01 Å². The molecular formula is C28H26N3+. The lowest BCUT2D eigenvalue weighted by Crippen LogP contribution is -3.14. The topological polar surface area (TPSA) is 20.0 Å². The third kappa shape index (κ3) is 3.22. The van der Waals surface area contributed by atoms with Crippen molar-refractivity contribution in [3.8, 4) is 11.1 Å². The van der Waals surface area contributed by atoms with Crippen LogP contribution in [0.5, 0.6) is 0 Å². The molecule has 3 nitrogen and oxygen atoms in total. The van der Waals surface area contributed by atoms with Crippen molar-refractivity contribution >= 4 is 17.0 Å². The van der Waals surface area contributed by atoms with Crippen LogP contribution in [0.4, 0.5) is 0 Å². The highest BCUT2D eigenvalue weighted by Crippen LogP contribution is 2.41. The standard InChI is InChI=1S/C28H25N3/c1-2-11-23-21(8-1)9-7-10-22(23)20-29-31-18-16-30(17-19-31)28-26-14-5-3-12-24(26)25-13-4-6-15-27(25)28/h1-15,20,28H,16-19H2/p+1/b29-20-. The summed E-state index contributed by atoms with van der Waals surface area (Å²) in [6, 6.07) is 33.3. The molecule has 152 valence electrons. The molecule has 0 bridgehead atoms. The maximum absolute atomic E-state index is 4.85. The first-order valence-electron chi connectivity index (χ1n) is 11.2. The van der Waals surface area contributed by atoms with Gasteiger partial charge >= 0.3 is 0 Å². The van der Waals surface area contributed by atoms with Crippen molar-refractivity contribution in [1.29, 1.82) is 0 Å². The summed E-state index contributed by atoms with van der Waals surface area (Å²) in [6.07, 6.45) is 2.04. The largest absolute Gasteiger partial charge is 0.322 e. The molecule has 31 heavy (non-hydrogen) atoms. The highest BCUT2D eigenvalue weighted by Gasteiger charge is 2.37. The number of hydrogen-bond acceptors (Lipinski definition) is 2. The smallest absolute Gasteiger partial charge is 0.140 e. The highest BCUT2D eigenvalue weighted by atomic mass is 15.5. The van der Waals surface area contributed by atoms with Crippen molar-refractivity contribution < 1.29 is 4.90 Å². The molecule has 1 aliphatic carbocycles. The van der Waals surface area contributed by atoms with E-state index in [1.807, 2.05) is 6.21 Å². The number of piperazine rings is 1. The molecule has 0 aromatic heterocycles. The second kappa shape index (κ2) is 7.68. The molecule has 0 radical (unpaired) electrons. The van der Waals surface area contributed by atoms with E-state index in [2.05, 4.69) is 96.0 Å². The Bertz CT molecular complexity index is 1220. The zero-order chi connectivity index (χ0) is 20.6. The molecule has 0 atom stereocenters. The zero-order valence-electron chi connectivity index (χ0n) is 17.5. The molecule has 1 aliphatic heterocycles. The zero-order valence-corrected chi connectivity index (χ0v) is 17.5. The summed E-state index contributed by atoms with van der Waals surface area (Å²) in [4.78, 5) is 1.65. The van der Waals surface area contributed by atoms with Crippen molar-refractivity contribution in [2.24, 2.45) is 5.10 Å². The Morgan fingerprint density at radius 3 is 2.06 bits per heavy atom. The second-order valence-corrected chi connectivity index (χ2v) is 8.53. The fourth-order valence-corrected chi connectivity index (χ4v) is 5.29. The van der Waals surface area contributed by atoms with Gasteiger partial charge in [-0.1, -0.05) is 91.0 Å². The average Bonchev–Trinajstić information content (AvgIpc) is 3.18. The minimum atomic E-state index is 0.441. The third-order valence-corrected chi connectivity index (χ3v) is 6.81. The molecule has 3 heteroatoms. The van der Waals surface area contributed by atoms with Crippen LogP contribution in [0.15, 0.2) is 96.1 Å². The quantitative estimate of drug-likeness (QED) is 0.509. The predicted molar refractivity (Wildman–Crippen MR) is 128 cm³/mol. The number of quaternary nitrogens is 1. The van der Waals surface area contributed by atoms with Crippen LogP contribution in [0, 0.1) is 0 Å². The molecule has 4 aromatic rings. The van der Waals surface area contributed by atoms with Gasteiger partial charge < -0.3 is 4.90 Å². The molecular weight excluding hydrogens is 378 g/mol. The van der Waals surface area contributed by atoms with Gasteiger partial charge in [0.25, 0.3) is 0 Å². The Balaban J connectivity index is 1.20. The van der Waals surface area contributed by atoms with Gasteiger partial charge in [0.15, 0.2) is 0 Å². The summed E-state index contributed by atoms with van der Waals surface area (Å²) in [5.41, 5.74) is 6.96. The Hall–Kier alpha value is -3.43. The molecule has 0 amide bonds. The van der Waals surface area contributed by atoms with Crippen molar-refractivity contribution in [2.75, 3.05) is 26.2 Å². The summed E-state index contributed by atoms with van der Waals surface area (Å²) in [7, 11) is 0. The van der Waals surface area contributed by atoms with E-state index in [4.69, 9.17) is 5.10 Å². The molecule has 0 saturated carbocycles. The Labute approximate surface area is 183 Å². The van der Waals surface area contributed by atoms with Crippen molar-refractivity contribution in [2.45, 2.75) is 6.04 Å². The van der Waals surface area contributed by atoms with E-state index in [-0.39, 0.29) is 0 Å². The minimum Gasteiger partial charge on any atom is -0.322 e. The van der Waals surface area contributed by atoms with E-state index in [9.17, 15) is 0 Å². The molecule has 1 fully saturated rings. The maximum atomic E-state index is 4.85. The van der Waals surface area contributed by atoms with E-state index in [0.717, 1.165) is 26.2 Å². The fourth-order valence-electron chi connectivity index (χ4n) is 5.29. The molecule has 1 heterocycles. The van der Waals surface area contributed by atoms with Gasteiger partial charge in [-0.25, -0.2) is 0 Å². The van der Waals surface area contributed by atoms with Gasteiger partial charge in [0.2, 0.25) is 0 Å². The number of benzene rings is 4. The lowest BCUT2D eigenvalue weighted by Gasteiger charge is -2.34. The van der Waals surface area contributed by atoms with Crippen molar-refractivity contribution in [3.05, 3.63) is 108 Å². The number of fused-ring (bicyclic) bond motifs is 4. The summed E-state index contributed by atoms with van der Waals surface area (Å²) in [6.45, 7) is 4.16. The van der Waals surface area contributed by atoms with E-state index in [0.29, 0.717) is 6.04 Å². The molecule has 1 N–H and O–H groups in total. The molecule has 4 aromatic carbocycles. The van der Waals surface area contributed by atoms with Gasteiger partial charge in [0.1, 0.15) is 6.04 Å². The lowest BCUT2D eigenvalue weighted by atomic mass is 10.0. The minimum absolute atomic E-state index is 0.441. The van der Waals surface area contributed by atoms with Crippen LogP contribution in [0.25, 0.3) is 21.9 Å². The van der Waals surface area contributed by atoms with Gasteiger partial charge in [0, 0.05) is 16.7 Å². The van der Waals surface area contributed by atoms with Crippen LogP contribution in [0.1, 0.15) is 22.7 Å². The fraction of sp³-hybridized carbons (Fsp3) is 0.179. The third-order valence-electron chi connectivity index (χ3n) is 6.81. The predicted octanol–water partition coefficient (Wildman–Crippen LogP) is 4.14. The first-order valence-corrected chi connectivity index (χ1v) is 11.2. The Morgan fingerprint density at radius 2 is 1.32 bits per heavy atom. The summed E-state index contributed by atoms with van der Waals surface area (Å²) in [5, 5.41) is 9.61. The highest BCUT2D eigenvalue weighted by molar-refractivity contribution is 5.99. The van der Waals surface area contributed by atoms with Crippen LogP contribution in [0.2, 0.25) is 0 Å². The summed E-state index contributed by atoms with van der Waals surface area (Å²) in [5.74, 6) is 0. The van der Waals surface area contributed by atoms with Gasteiger partial charge in [-0.05, 0) is 21.9 Å². The average molecular weight is 405 g/mol. The van der Waals surface area contributed by atoms with E-state index >= 15 is 0 Å². The maximum Gasteiger partial charge on any atom is 0.140 e. The number of nitrogens with zero attached hydrogens (tertiary/aromatic N) is 2. The van der Waals surface area contributed by atoms with E-state index < -0.39 is 0 Å². The van der Waals surface area contributed by atoms with Gasteiger partial charge in [-0.2, -0.15) is 5.10 Å². The van der Waals surface area contributed by atoms with Crippen molar-refractivity contribution in [3.63, 3.8) is 0 Å². The molecule has 1 saturated heterocycles. The first-order chi connectivity index (χ1) is 15.4. The number of hydrogen-bond donors (Lipinski definition) is 1. The lowest BCUT2D eigenvalue weighted by molar-refractivity contribution is -0.929. The van der Waals surface area contributed by atoms with Gasteiger partial charge in [-0.15, -0.1) is 0 Å². The summed E-state index contributed by atoms with van der Waals surface area (Å²) >= 11 is 0. The molecule has 0 spiro atoms. The number of nitrogens with one attached hydrogen (secondary N) is 1. The number of rotatable bonds is 3. The molecule has 6 rings (SSSR count). The number of hydrazone groups is 1. The van der Waals surface area contributed by atoms with Gasteiger partial charge in [-0.3, -0.25) is 5.01 Å². The Morgan fingerprint density at radius 1 is 0.710 bits per heavy atom. The van der Waals surface area contributed by atoms with Crippen LogP contribution < -0.4 is 4.90 Å². The molecule has 0 unspecified atom stereocenters. The van der Waals surface area contributed by atoms with Crippen LogP contribution in [-0.2, 0) is 0 Å². The van der Waals surface area contributed by atoms with Crippen LogP contribution in [0.3, 0.4) is 0 Å². The monoisotopic (exact) mass is 404 g/mol. The molecule has 2 aliphatic rings. The van der Waals surface area contributed by atoms with E-state index in [1.165, 1.54) is 38.6 Å². The van der Waals surface area contributed by atoms with Gasteiger partial charge in [0.05, 0.1) is 32.4 Å². The van der Waals surface area contributed by atoms with Crippen LogP contribution >= 0.6 is 0 Å². The first kappa shape index (κ1) is 18.3.